The molecule has 3 rings (SSSR count). The van der Waals surface area contributed by atoms with Crippen molar-refractivity contribution < 1.29 is 19.3 Å². The van der Waals surface area contributed by atoms with E-state index in [1.807, 2.05) is 85.8 Å². The molecule has 31 heavy (non-hydrogen) atoms. The van der Waals surface area contributed by atoms with E-state index in [0.29, 0.717) is 12.8 Å². The van der Waals surface area contributed by atoms with Crippen LogP contribution in [0.3, 0.4) is 0 Å². The Bertz CT molecular complexity index is 878. The van der Waals surface area contributed by atoms with Gasteiger partial charge in [0, 0.05) is 6.42 Å². The monoisotopic (exact) mass is 421 g/mol. The standard InChI is InChI=1S/C26H31NO4/c1-4-22(28)18-25(27)31-26(19-8-6-5-7-9-19,20-10-14-23(29-2)15-11-20)21-12-16-24(30-3)17-13-21/h5-17,22,25,28H,4,18,27H2,1-3H3. The van der Waals surface area contributed by atoms with Gasteiger partial charge in [-0.1, -0.05) is 61.5 Å². The van der Waals surface area contributed by atoms with Gasteiger partial charge in [0.15, 0.2) is 0 Å². The number of benzene rings is 3. The minimum atomic E-state index is -0.979. The lowest BCUT2D eigenvalue weighted by Crippen LogP contribution is -2.41. The summed E-state index contributed by atoms with van der Waals surface area (Å²) in [6.07, 6.45) is -0.271. The summed E-state index contributed by atoms with van der Waals surface area (Å²) in [5, 5.41) is 10.2. The van der Waals surface area contributed by atoms with Gasteiger partial charge in [-0.25, -0.2) is 0 Å². The molecular formula is C26H31NO4. The predicted molar refractivity (Wildman–Crippen MR) is 122 cm³/mol. The molecule has 5 nitrogen and oxygen atoms in total. The van der Waals surface area contributed by atoms with E-state index in [1.165, 1.54) is 0 Å². The van der Waals surface area contributed by atoms with Gasteiger partial charge in [0.25, 0.3) is 0 Å². The average molecular weight is 422 g/mol. The van der Waals surface area contributed by atoms with Crippen molar-refractivity contribution in [3.05, 3.63) is 95.6 Å². The molecule has 3 aromatic rings. The zero-order valence-corrected chi connectivity index (χ0v) is 18.3. The maximum absolute atomic E-state index is 10.2. The SMILES string of the molecule is CCC(O)CC(N)OC(c1ccccc1)(c1ccc(OC)cc1)c1ccc(OC)cc1. The van der Waals surface area contributed by atoms with Gasteiger partial charge < -0.3 is 25.1 Å². The van der Waals surface area contributed by atoms with E-state index in [1.54, 1.807) is 14.2 Å². The van der Waals surface area contributed by atoms with Crippen LogP contribution in [0.25, 0.3) is 0 Å². The molecule has 3 N–H and O–H groups in total. The quantitative estimate of drug-likeness (QED) is 0.374. The van der Waals surface area contributed by atoms with Crippen LogP contribution in [0, 0.1) is 0 Å². The highest BCUT2D eigenvalue weighted by Gasteiger charge is 2.39. The molecule has 0 radical (unpaired) electrons. The van der Waals surface area contributed by atoms with E-state index in [-0.39, 0.29) is 0 Å². The van der Waals surface area contributed by atoms with Crippen LogP contribution < -0.4 is 15.2 Å². The fraction of sp³-hybridized carbons (Fsp3) is 0.308. The van der Waals surface area contributed by atoms with Gasteiger partial charge in [-0.3, -0.25) is 0 Å². The predicted octanol–water partition coefficient (Wildman–Crippen LogP) is 4.46. The highest BCUT2D eigenvalue weighted by atomic mass is 16.5. The molecular weight excluding hydrogens is 390 g/mol. The smallest absolute Gasteiger partial charge is 0.145 e. The van der Waals surface area contributed by atoms with Crippen LogP contribution in [0.4, 0.5) is 0 Å². The van der Waals surface area contributed by atoms with Gasteiger partial charge in [-0.05, 0) is 47.4 Å². The molecule has 0 bridgehead atoms. The zero-order valence-electron chi connectivity index (χ0n) is 18.3. The molecule has 0 aliphatic rings. The fourth-order valence-electron chi connectivity index (χ4n) is 3.74. The second-order valence-corrected chi connectivity index (χ2v) is 7.46. The summed E-state index contributed by atoms with van der Waals surface area (Å²) in [6.45, 7) is 1.93. The molecule has 0 amide bonds. The number of hydrogen-bond acceptors (Lipinski definition) is 5. The van der Waals surface area contributed by atoms with Crippen molar-refractivity contribution in [2.75, 3.05) is 14.2 Å². The van der Waals surface area contributed by atoms with E-state index in [4.69, 9.17) is 19.9 Å². The molecule has 0 saturated carbocycles. The first-order valence-electron chi connectivity index (χ1n) is 10.5. The van der Waals surface area contributed by atoms with Crippen molar-refractivity contribution in [3.63, 3.8) is 0 Å². The Balaban J connectivity index is 2.20. The summed E-state index contributed by atoms with van der Waals surface area (Å²) in [5.41, 5.74) is 8.20. The average Bonchev–Trinajstić information content (AvgIpc) is 2.83. The Kier molecular flexibility index (Phi) is 7.69. The Hall–Kier alpha value is -2.86. The van der Waals surface area contributed by atoms with Crippen molar-refractivity contribution in [3.8, 4) is 11.5 Å². The van der Waals surface area contributed by atoms with Crippen LogP contribution >= 0.6 is 0 Å². The Morgan fingerprint density at radius 3 is 1.65 bits per heavy atom. The largest absolute Gasteiger partial charge is 0.497 e. The summed E-state index contributed by atoms with van der Waals surface area (Å²) in [5.74, 6) is 1.51. The van der Waals surface area contributed by atoms with Gasteiger partial charge in [0.1, 0.15) is 23.3 Å². The van der Waals surface area contributed by atoms with Crippen LogP contribution in [0.15, 0.2) is 78.9 Å². The van der Waals surface area contributed by atoms with Crippen molar-refractivity contribution in [2.24, 2.45) is 5.73 Å². The van der Waals surface area contributed by atoms with E-state index < -0.39 is 17.9 Å². The molecule has 2 unspecified atom stereocenters. The number of nitrogens with two attached hydrogens (primary N) is 1. The topological polar surface area (TPSA) is 73.9 Å². The molecule has 0 saturated heterocycles. The Morgan fingerprint density at radius 2 is 1.23 bits per heavy atom. The van der Waals surface area contributed by atoms with Gasteiger partial charge in [0.2, 0.25) is 0 Å². The molecule has 5 heteroatoms. The van der Waals surface area contributed by atoms with Gasteiger partial charge in [0.05, 0.1) is 20.3 Å². The van der Waals surface area contributed by atoms with Crippen LogP contribution in [0.1, 0.15) is 36.5 Å². The molecule has 2 atom stereocenters. The van der Waals surface area contributed by atoms with E-state index in [0.717, 1.165) is 28.2 Å². The molecule has 0 aromatic heterocycles. The number of methoxy groups -OCH3 is 2. The highest BCUT2D eigenvalue weighted by molar-refractivity contribution is 5.49. The highest BCUT2D eigenvalue weighted by Crippen LogP contribution is 2.42. The summed E-state index contributed by atoms with van der Waals surface area (Å²) < 4.78 is 17.4. The van der Waals surface area contributed by atoms with Gasteiger partial charge in [-0.15, -0.1) is 0 Å². The maximum atomic E-state index is 10.2. The minimum absolute atomic E-state index is 0.331. The van der Waals surface area contributed by atoms with Crippen LogP contribution in [0.2, 0.25) is 0 Å². The van der Waals surface area contributed by atoms with Gasteiger partial charge in [-0.2, -0.15) is 0 Å². The molecule has 0 heterocycles. The van der Waals surface area contributed by atoms with E-state index >= 15 is 0 Å². The lowest BCUT2D eigenvalue weighted by molar-refractivity contribution is -0.0634. The fourth-order valence-corrected chi connectivity index (χ4v) is 3.74. The molecule has 164 valence electrons. The number of aliphatic hydroxyl groups excluding tert-OH is 1. The number of ether oxygens (including phenoxy) is 3. The zero-order chi connectivity index (χ0) is 22.3. The Labute approximate surface area is 184 Å². The van der Waals surface area contributed by atoms with E-state index in [2.05, 4.69) is 0 Å². The summed E-state index contributed by atoms with van der Waals surface area (Å²) in [7, 11) is 3.28. The van der Waals surface area contributed by atoms with Crippen molar-refractivity contribution >= 4 is 0 Å². The third-order valence-electron chi connectivity index (χ3n) is 5.48. The lowest BCUT2D eigenvalue weighted by Gasteiger charge is -2.38. The normalized spacial score (nSPS) is 13.5. The van der Waals surface area contributed by atoms with Crippen LogP contribution in [0.5, 0.6) is 11.5 Å². The van der Waals surface area contributed by atoms with E-state index in [9.17, 15) is 5.11 Å². The second-order valence-electron chi connectivity index (χ2n) is 7.46. The molecule has 0 aliphatic heterocycles. The Morgan fingerprint density at radius 1 is 0.774 bits per heavy atom. The first-order chi connectivity index (χ1) is 15.0. The maximum Gasteiger partial charge on any atom is 0.145 e. The third-order valence-corrected chi connectivity index (χ3v) is 5.48. The molecule has 0 fully saturated rings. The lowest BCUT2D eigenvalue weighted by atomic mass is 9.80. The van der Waals surface area contributed by atoms with Crippen LogP contribution in [-0.2, 0) is 10.3 Å². The molecule has 3 aromatic carbocycles. The van der Waals surface area contributed by atoms with Gasteiger partial charge >= 0.3 is 0 Å². The third kappa shape index (κ3) is 5.07. The first kappa shape index (κ1) is 22.8. The second kappa shape index (κ2) is 10.4. The first-order valence-corrected chi connectivity index (χ1v) is 10.5. The summed E-state index contributed by atoms with van der Waals surface area (Å²) in [6, 6.07) is 25.6. The summed E-state index contributed by atoms with van der Waals surface area (Å²) >= 11 is 0. The van der Waals surface area contributed by atoms with Crippen molar-refractivity contribution in [1.29, 1.82) is 0 Å². The number of aliphatic hydroxyl groups is 1. The number of rotatable bonds is 10. The summed E-state index contributed by atoms with van der Waals surface area (Å²) in [4.78, 5) is 0. The number of hydrogen-bond donors (Lipinski definition) is 2. The minimum Gasteiger partial charge on any atom is -0.497 e. The molecule has 0 spiro atoms. The van der Waals surface area contributed by atoms with Crippen molar-refractivity contribution in [1.82, 2.24) is 0 Å². The van der Waals surface area contributed by atoms with Crippen molar-refractivity contribution in [2.45, 2.75) is 37.7 Å². The van der Waals surface area contributed by atoms with Crippen LogP contribution in [-0.4, -0.2) is 31.7 Å². The molecule has 0 aliphatic carbocycles.